The van der Waals surface area contributed by atoms with Gasteiger partial charge in [-0.25, -0.2) is 13.6 Å². The minimum absolute atomic E-state index is 0.174. The van der Waals surface area contributed by atoms with Gasteiger partial charge in [0.2, 0.25) is 0 Å². The number of aryl methyl sites for hydroxylation is 1. The van der Waals surface area contributed by atoms with Gasteiger partial charge in [-0.3, -0.25) is 9.36 Å². The number of nitrogens with zero attached hydrogens (tertiary/aromatic N) is 3. The number of rotatable bonds is 5. The highest BCUT2D eigenvalue weighted by Gasteiger charge is 2.39. The van der Waals surface area contributed by atoms with Gasteiger partial charge in [-0.2, -0.15) is 17.9 Å². The monoisotopic (exact) mass is 497 g/mol. The van der Waals surface area contributed by atoms with Crippen molar-refractivity contribution in [2.24, 2.45) is 0 Å². The van der Waals surface area contributed by atoms with E-state index >= 15 is 4.39 Å². The molecule has 2 aromatic carbocycles. The lowest BCUT2D eigenvalue weighted by Gasteiger charge is -2.20. The molecule has 186 valence electrons. The Morgan fingerprint density at radius 1 is 1.20 bits per heavy atom. The molecule has 3 aromatic rings. The number of nitrogens with two attached hydrogens (primary N) is 1. The molecule has 13 heteroatoms. The Morgan fingerprint density at radius 2 is 1.94 bits per heavy atom. The number of benzene rings is 2. The number of aromatic nitrogens is 3. The minimum Gasteiger partial charge on any atom is -0.480 e. The maximum atomic E-state index is 15.1. The molecule has 0 unspecified atom stereocenters. The zero-order chi connectivity index (χ0) is 25.5. The molecule has 8 nitrogen and oxygen atoms in total. The molecule has 0 saturated carbocycles. The first kappa shape index (κ1) is 24.2. The fourth-order valence-electron chi connectivity index (χ4n) is 3.63. The summed E-state index contributed by atoms with van der Waals surface area (Å²) in [6.45, 7) is 1.08. The van der Waals surface area contributed by atoms with Crippen LogP contribution in [0.4, 0.5) is 33.3 Å². The number of nitrogens with one attached hydrogen (secondary N) is 1. The molecule has 1 amide bonds. The molecule has 1 atom stereocenters. The lowest BCUT2D eigenvalue weighted by Crippen LogP contribution is -2.32. The van der Waals surface area contributed by atoms with Crippen LogP contribution in [0.5, 0.6) is 5.75 Å². The SMILES string of the molecule is C[C@H](Oc1cc(-n2nc3n(c2=O)CCCC3)c(F)cc1C(=O)Nc1cccc(F)c1N)C(F)(F)F. The number of carbonyl (C=O) groups is 1. The van der Waals surface area contributed by atoms with Gasteiger partial charge in [-0.1, -0.05) is 6.07 Å². The fraction of sp³-hybridized carbons (Fsp3) is 0.318. The normalized spacial score (nSPS) is 14.3. The number of fused-ring (bicyclic) bond motifs is 1. The maximum Gasteiger partial charge on any atom is 0.425 e. The third-order valence-electron chi connectivity index (χ3n) is 5.56. The Bertz CT molecular complexity index is 1350. The Morgan fingerprint density at radius 3 is 2.63 bits per heavy atom. The average Bonchev–Trinajstić information content (AvgIpc) is 3.13. The van der Waals surface area contributed by atoms with Crippen molar-refractivity contribution in [2.45, 2.75) is 45.0 Å². The second-order valence-corrected chi connectivity index (χ2v) is 7.98. The molecule has 1 aliphatic rings. The molecule has 0 bridgehead atoms. The van der Waals surface area contributed by atoms with Gasteiger partial charge in [0.25, 0.3) is 5.91 Å². The molecule has 35 heavy (non-hydrogen) atoms. The van der Waals surface area contributed by atoms with Gasteiger partial charge in [0.15, 0.2) is 6.10 Å². The molecule has 3 N–H and O–H groups in total. The minimum atomic E-state index is -4.81. The van der Waals surface area contributed by atoms with Crippen LogP contribution in [0.1, 0.15) is 35.9 Å². The van der Waals surface area contributed by atoms with E-state index in [1.807, 2.05) is 0 Å². The highest BCUT2D eigenvalue weighted by Crippen LogP contribution is 2.32. The van der Waals surface area contributed by atoms with E-state index in [2.05, 4.69) is 10.4 Å². The summed E-state index contributed by atoms with van der Waals surface area (Å²) in [6.07, 6.45) is -5.20. The van der Waals surface area contributed by atoms with Crippen LogP contribution in [0.2, 0.25) is 0 Å². The number of alkyl halides is 3. The Labute approximate surface area is 195 Å². The highest BCUT2D eigenvalue weighted by atomic mass is 19.4. The van der Waals surface area contributed by atoms with Crippen molar-refractivity contribution in [1.29, 1.82) is 0 Å². The van der Waals surface area contributed by atoms with Crippen LogP contribution >= 0.6 is 0 Å². The zero-order valence-electron chi connectivity index (χ0n) is 18.3. The number of hydrogen-bond donors (Lipinski definition) is 2. The van der Waals surface area contributed by atoms with Gasteiger partial charge in [0.05, 0.1) is 16.9 Å². The number of hydrogen-bond acceptors (Lipinski definition) is 5. The topological polar surface area (TPSA) is 104 Å². The summed E-state index contributed by atoms with van der Waals surface area (Å²) in [5, 5.41) is 6.34. The standard InChI is InChI=1S/C22H20F5N5O3/c1-11(22(25,26)27)35-17-10-16(32-21(34)31-8-3-2-7-18(31)30-32)14(24)9-12(17)20(33)29-15-6-4-5-13(23)19(15)28/h4-6,9-11H,2-3,7-8,28H2,1H3,(H,29,33)/t11-/m0/s1. The summed E-state index contributed by atoms with van der Waals surface area (Å²) in [4.78, 5) is 25.6. The number of nitrogen functional groups attached to an aromatic ring is 1. The van der Waals surface area contributed by atoms with Gasteiger partial charge in [0.1, 0.15) is 28.9 Å². The van der Waals surface area contributed by atoms with Crippen LogP contribution in [0.25, 0.3) is 5.69 Å². The van der Waals surface area contributed by atoms with Gasteiger partial charge >= 0.3 is 11.9 Å². The number of ether oxygens (including phenoxy) is 1. The number of anilines is 2. The van der Waals surface area contributed by atoms with Crippen molar-refractivity contribution in [2.75, 3.05) is 11.1 Å². The lowest BCUT2D eigenvalue weighted by atomic mass is 10.1. The molecule has 0 saturated heterocycles. The predicted molar refractivity (Wildman–Crippen MR) is 116 cm³/mol. The Kier molecular flexibility index (Phi) is 6.26. The number of carbonyl (C=O) groups excluding carboxylic acids is 1. The van der Waals surface area contributed by atoms with E-state index in [4.69, 9.17) is 10.5 Å². The average molecular weight is 497 g/mol. The number of para-hydroxylation sites is 1. The van der Waals surface area contributed by atoms with Crippen LogP contribution in [-0.2, 0) is 13.0 Å². The van der Waals surface area contributed by atoms with E-state index in [1.165, 1.54) is 16.7 Å². The summed E-state index contributed by atoms with van der Waals surface area (Å²) in [6, 6.07) is 4.99. The van der Waals surface area contributed by atoms with Crippen molar-refractivity contribution < 1.29 is 31.5 Å². The summed E-state index contributed by atoms with van der Waals surface area (Å²) in [7, 11) is 0. The molecule has 1 aliphatic heterocycles. The quantitative estimate of drug-likeness (QED) is 0.412. The van der Waals surface area contributed by atoms with Crippen LogP contribution in [0, 0.1) is 11.6 Å². The van der Waals surface area contributed by atoms with E-state index in [9.17, 15) is 27.2 Å². The smallest absolute Gasteiger partial charge is 0.425 e. The second kappa shape index (κ2) is 9.04. The van der Waals surface area contributed by atoms with E-state index in [-0.39, 0.29) is 5.69 Å². The molecular formula is C22H20F5N5O3. The first-order valence-corrected chi connectivity index (χ1v) is 10.6. The second-order valence-electron chi connectivity index (χ2n) is 7.98. The third-order valence-corrected chi connectivity index (χ3v) is 5.56. The van der Waals surface area contributed by atoms with Crippen molar-refractivity contribution in [3.8, 4) is 11.4 Å². The van der Waals surface area contributed by atoms with Gasteiger partial charge < -0.3 is 15.8 Å². The van der Waals surface area contributed by atoms with E-state index in [0.29, 0.717) is 31.8 Å². The van der Waals surface area contributed by atoms with E-state index in [0.717, 1.165) is 29.7 Å². The first-order chi connectivity index (χ1) is 16.5. The summed E-state index contributed by atoms with van der Waals surface area (Å²) in [5.41, 5.74) is 3.22. The molecular weight excluding hydrogens is 477 g/mol. The summed E-state index contributed by atoms with van der Waals surface area (Å²) in [5.74, 6) is -3.29. The number of halogens is 5. The Balaban J connectivity index is 1.80. The van der Waals surface area contributed by atoms with Crippen molar-refractivity contribution in [1.82, 2.24) is 14.3 Å². The maximum absolute atomic E-state index is 15.1. The van der Waals surface area contributed by atoms with E-state index in [1.54, 1.807) is 0 Å². The van der Waals surface area contributed by atoms with Crippen molar-refractivity contribution in [3.05, 3.63) is 63.8 Å². The molecule has 1 aromatic heterocycles. The molecule has 0 aliphatic carbocycles. The molecule has 0 fully saturated rings. The fourth-order valence-corrected chi connectivity index (χ4v) is 3.63. The molecule has 0 spiro atoms. The van der Waals surface area contributed by atoms with Crippen LogP contribution in [-0.4, -0.2) is 32.5 Å². The van der Waals surface area contributed by atoms with E-state index < -0.39 is 58.2 Å². The van der Waals surface area contributed by atoms with Crippen molar-refractivity contribution >= 4 is 17.3 Å². The molecule has 0 radical (unpaired) electrons. The summed E-state index contributed by atoms with van der Waals surface area (Å²) >= 11 is 0. The largest absolute Gasteiger partial charge is 0.480 e. The Hall–Kier alpha value is -3.90. The van der Waals surface area contributed by atoms with Gasteiger partial charge in [-0.15, -0.1) is 5.10 Å². The van der Waals surface area contributed by atoms with Gasteiger partial charge in [0, 0.05) is 19.0 Å². The van der Waals surface area contributed by atoms with Gasteiger partial charge in [-0.05, 0) is 38.0 Å². The van der Waals surface area contributed by atoms with Crippen LogP contribution in [0.15, 0.2) is 35.1 Å². The summed E-state index contributed by atoms with van der Waals surface area (Å²) < 4.78 is 75.5. The van der Waals surface area contributed by atoms with Crippen LogP contribution in [0.3, 0.4) is 0 Å². The number of amides is 1. The first-order valence-electron chi connectivity index (χ1n) is 10.6. The lowest BCUT2D eigenvalue weighted by molar-refractivity contribution is -0.189. The predicted octanol–water partition coefficient (Wildman–Crippen LogP) is 3.81. The molecule has 2 heterocycles. The third kappa shape index (κ3) is 4.70. The molecule has 4 rings (SSSR count). The highest BCUT2D eigenvalue weighted by molar-refractivity contribution is 6.07. The van der Waals surface area contributed by atoms with Crippen LogP contribution < -0.4 is 21.5 Å². The van der Waals surface area contributed by atoms with Crippen molar-refractivity contribution in [3.63, 3.8) is 0 Å². The zero-order valence-corrected chi connectivity index (χ0v) is 18.3.